The summed E-state index contributed by atoms with van der Waals surface area (Å²) in [5.41, 5.74) is 1.66. The van der Waals surface area contributed by atoms with Gasteiger partial charge in [-0.25, -0.2) is 4.39 Å². The third-order valence-electron chi connectivity index (χ3n) is 2.68. The first-order chi connectivity index (χ1) is 8.84. The quantitative estimate of drug-likeness (QED) is 0.920. The van der Waals surface area contributed by atoms with Crippen LogP contribution in [-0.2, 0) is 12.1 Å². The maximum Gasteiger partial charge on any atom is 0.126 e. The molecule has 1 aromatic heterocycles. The molecule has 1 aromatic carbocycles. The summed E-state index contributed by atoms with van der Waals surface area (Å²) in [5.74, 6) is -0.347. The lowest BCUT2D eigenvalue weighted by Gasteiger charge is -2.18. The Morgan fingerprint density at radius 2 is 2.05 bits per heavy atom. The van der Waals surface area contributed by atoms with Gasteiger partial charge in [0, 0.05) is 29.0 Å². The summed E-state index contributed by atoms with van der Waals surface area (Å²) >= 11 is 5.80. The van der Waals surface area contributed by atoms with Crippen LogP contribution in [0.25, 0.3) is 0 Å². The molecule has 0 atom stereocenters. The number of anilines is 1. The first-order valence-electron chi connectivity index (χ1n) is 6.08. The molecule has 0 aliphatic rings. The number of benzene rings is 1. The van der Waals surface area contributed by atoms with Crippen LogP contribution in [0.2, 0.25) is 5.02 Å². The lowest BCUT2D eigenvalue weighted by atomic mass is 10.1. The fraction of sp³-hybridized carbons (Fsp3) is 0.357. The molecule has 5 heteroatoms. The zero-order valence-corrected chi connectivity index (χ0v) is 12.0. The van der Waals surface area contributed by atoms with Crippen molar-refractivity contribution in [3.05, 3.63) is 47.0 Å². The molecule has 19 heavy (non-hydrogen) atoms. The van der Waals surface area contributed by atoms with Gasteiger partial charge in [-0.2, -0.15) is 5.10 Å². The molecule has 3 nitrogen and oxygen atoms in total. The molecular formula is C14H17ClFN3. The van der Waals surface area contributed by atoms with E-state index in [1.807, 2.05) is 10.9 Å². The lowest BCUT2D eigenvalue weighted by molar-refractivity contribution is 0.355. The largest absolute Gasteiger partial charge is 0.381 e. The SMILES string of the molecule is CC(C)(C)n1cc(CNc2cc(F)cc(Cl)c2)cn1. The van der Waals surface area contributed by atoms with Crippen LogP contribution in [0.4, 0.5) is 10.1 Å². The van der Waals surface area contributed by atoms with Gasteiger partial charge in [0.25, 0.3) is 0 Å². The molecule has 0 saturated heterocycles. The molecule has 0 fully saturated rings. The number of rotatable bonds is 3. The molecule has 0 bridgehead atoms. The van der Waals surface area contributed by atoms with Crippen molar-refractivity contribution < 1.29 is 4.39 Å². The van der Waals surface area contributed by atoms with Crippen molar-refractivity contribution in [1.29, 1.82) is 0 Å². The normalized spacial score (nSPS) is 11.6. The Balaban J connectivity index is 2.04. The minimum Gasteiger partial charge on any atom is -0.381 e. The van der Waals surface area contributed by atoms with Gasteiger partial charge in [0.05, 0.1) is 11.7 Å². The predicted octanol–water partition coefficient (Wildman–Crippen LogP) is 4.04. The van der Waals surface area contributed by atoms with Gasteiger partial charge in [0.15, 0.2) is 0 Å². The third-order valence-corrected chi connectivity index (χ3v) is 2.90. The van der Waals surface area contributed by atoms with E-state index in [0.29, 0.717) is 17.3 Å². The van der Waals surface area contributed by atoms with Gasteiger partial charge in [-0.1, -0.05) is 11.6 Å². The molecule has 102 valence electrons. The highest BCUT2D eigenvalue weighted by Gasteiger charge is 2.13. The van der Waals surface area contributed by atoms with E-state index in [9.17, 15) is 4.39 Å². The van der Waals surface area contributed by atoms with E-state index in [2.05, 4.69) is 31.2 Å². The summed E-state index contributed by atoms with van der Waals surface area (Å²) in [6.45, 7) is 6.84. The molecule has 0 aliphatic carbocycles. The molecule has 1 heterocycles. The first kappa shape index (κ1) is 13.9. The van der Waals surface area contributed by atoms with Crippen LogP contribution in [0.1, 0.15) is 26.3 Å². The minimum absolute atomic E-state index is 0.0413. The number of halogens is 2. The summed E-state index contributed by atoms with van der Waals surface area (Å²) in [6, 6.07) is 4.39. The van der Waals surface area contributed by atoms with Crippen molar-refractivity contribution in [2.24, 2.45) is 0 Å². The molecule has 0 aliphatic heterocycles. The van der Waals surface area contributed by atoms with Gasteiger partial charge in [-0.3, -0.25) is 4.68 Å². The number of nitrogens with one attached hydrogen (secondary N) is 1. The maximum atomic E-state index is 13.2. The first-order valence-corrected chi connectivity index (χ1v) is 6.46. The molecule has 2 aromatic rings. The van der Waals surface area contributed by atoms with Crippen molar-refractivity contribution in [2.45, 2.75) is 32.9 Å². The van der Waals surface area contributed by atoms with E-state index >= 15 is 0 Å². The number of aromatic nitrogens is 2. The summed E-state index contributed by atoms with van der Waals surface area (Å²) in [4.78, 5) is 0. The van der Waals surface area contributed by atoms with Crippen LogP contribution < -0.4 is 5.32 Å². The standard InChI is InChI=1S/C14H17ClFN3/c1-14(2,3)19-9-10(8-18-19)7-17-13-5-11(15)4-12(16)6-13/h4-6,8-9,17H,7H2,1-3H3. The van der Waals surface area contributed by atoms with Crippen molar-refractivity contribution in [3.63, 3.8) is 0 Å². The molecule has 0 amide bonds. The second-order valence-electron chi connectivity index (χ2n) is 5.48. The van der Waals surface area contributed by atoms with E-state index in [0.717, 1.165) is 5.56 Å². The molecule has 0 radical (unpaired) electrons. The Morgan fingerprint density at radius 3 is 2.63 bits per heavy atom. The number of nitrogens with zero attached hydrogens (tertiary/aromatic N) is 2. The summed E-state index contributed by atoms with van der Waals surface area (Å²) in [5, 5.41) is 7.82. The summed E-state index contributed by atoms with van der Waals surface area (Å²) in [6.07, 6.45) is 3.78. The Morgan fingerprint density at radius 1 is 1.32 bits per heavy atom. The van der Waals surface area contributed by atoms with E-state index in [-0.39, 0.29) is 11.4 Å². The third kappa shape index (κ3) is 3.70. The lowest BCUT2D eigenvalue weighted by Crippen LogP contribution is -2.21. The van der Waals surface area contributed by atoms with Gasteiger partial charge >= 0.3 is 0 Å². The van der Waals surface area contributed by atoms with Gasteiger partial charge in [0.1, 0.15) is 5.82 Å². The fourth-order valence-corrected chi connectivity index (χ4v) is 1.90. The van der Waals surface area contributed by atoms with Crippen LogP contribution in [0, 0.1) is 5.82 Å². The molecule has 0 unspecified atom stereocenters. The maximum absolute atomic E-state index is 13.2. The van der Waals surface area contributed by atoms with E-state index in [1.54, 1.807) is 12.3 Å². The van der Waals surface area contributed by atoms with Crippen molar-refractivity contribution in [1.82, 2.24) is 9.78 Å². The molecule has 0 saturated carbocycles. The Labute approximate surface area is 117 Å². The van der Waals surface area contributed by atoms with Gasteiger partial charge in [0.2, 0.25) is 0 Å². The van der Waals surface area contributed by atoms with E-state index in [4.69, 9.17) is 11.6 Å². The molecular weight excluding hydrogens is 265 g/mol. The van der Waals surface area contributed by atoms with Gasteiger partial charge in [-0.05, 0) is 39.0 Å². The van der Waals surface area contributed by atoms with Gasteiger partial charge in [-0.15, -0.1) is 0 Å². The highest BCUT2D eigenvalue weighted by molar-refractivity contribution is 6.30. The predicted molar refractivity (Wildman–Crippen MR) is 76.0 cm³/mol. The minimum atomic E-state index is -0.347. The average Bonchev–Trinajstić information content (AvgIpc) is 2.73. The molecule has 2 rings (SSSR count). The molecule has 0 spiro atoms. The van der Waals surface area contributed by atoms with Crippen molar-refractivity contribution in [2.75, 3.05) is 5.32 Å². The smallest absolute Gasteiger partial charge is 0.126 e. The Bertz CT molecular complexity index is 552. The van der Waals surface area contributed by atoms with Crippen LogP contribution in [-0.4, -0.2) is 9.78 Å². The van der Waals surface area contributed by atoms with E-state index in [1.165, 1.54) is 12.1 Å². The average molecular weight is 282 g/mol. The fourth-order valence-electron chi connectivity index (χ4n) is 1.68. The molecule has 1 N–H and O–H groups in total. The highest BCUT2D eigenvalue weighted by atomic mass is 35.5. The number of hydrogen-bond acceptors (Lipinski definition) is 2. The zero-order valence-electron chi connectivity index (χ0n) is 11.2. The van der Waals surface area contributed by atoms with Crippen LogP contribution >= 0.6 is 11.6 Å². The second-order valence-corrected chi connectivity index (χ2v) is 5.91. The van der Waals surface area contributed by atoms with Gasteiger partial charge < -0.3 is 5.32 Å². The monoisotopic (exact) mass is 281 g/mol. The summed E-state index contributed by atoms with van der Waals surface area (Å²) in [7, 11) is 0. The summed E-state index contributed by atoms with van der Waals surface area (Å²) < 4.78 is 15.1. The van der Waals surface area contributed by atoms with Crippen molar-refractivity contribution >= 4 is 17.3 Å². The zero-order chi connectivity index (χ0) is 14.0. The van der Waals surface area contributed by atoms with Crippen LogP contribution in [0.15, 0.2) is 30.6 Å². The highest BCUT2D eigenvalue weighted by Crippen LogP contribution is 2.19. The van der Waals surface area contributed by atoms with Crippen LogP contribution in [0.3, 0.4) is 0 Å². The topological polar surface area (TPSA) is 29.9 Å². The Hall–Kier alpha value is -1.55. The van der Waals surface area contributed by atoms with Crippen LogP contribution in [0.5, 0.6) is 0 Å². The van der Waals surface area contributed by atoms with E-state index < -0.39 is 0 Å². The second kappa shape index (κ2) is 5.21. The Kier molecular flexibility index (Phi) is 3.80. The van der Waals surface area contributed by atoms with Crippen molar-refractivity contribution in [3.8, 4) is 0 Å². The number of hydrogen-bond donors (Lipinski definition) is 1.